The zero-order chi connectivity index (χ0) is 16.8. The van der Waals surface area contributed by atoms with E-state index in [1.165, 1.54) is 12.1 Å². The fourth-order valence-electron chi connectivity index (χ4n) is 3.48. The number of halogens is 1. The van der Waals surface area contributed by atoms with Gasteiger partial charge in [0.25, 0.3) is 0 Å². The Morgan fingerprint density at radius 1 is 1.42 bits per heavy atom. The number of benzene rings is 1. The normalized spacial score (nSPS) is 23.6. The van der Waals surface area contributed by atoms with Crippen LogP contribution >= 0.6 is 0 Å². The highest BCUT2D eigenvalue weighted by Gasteiger charge is 2.29. The molecule has 2 aliphatic heterocycles. The summed E-state index contributed by atoms with van der Waals surface area (Å²) in [5.74, 6) is 0.115. The summed E-state index contributed by atoms with van der Waals surface area (Å²) < 4.78 is 19.0. The first-order valence-electron chi connectivity index (χ1n) is 8.80. The van der Waals surface area contributed by atoms with Crippen LogP contribution in [0, 0.1) is 11.7 Å². The molecule has 0 bridgehead atoms. The zero-order valence-electron chi connectivity index (χ0n) is 14.0. The lowest BCUT2D eigenvalue weighted by Gasteiger charge is -2.34. The second-order valence-corrected chi connectivity index (χ2v) is 6.56. The molecule has 1 aromatic carbocycles. The van der Waals surface area contributed by atoms with Gasteiger partial charge in [-0.15, -0.1) is 0 Å². The zero-order valence-corrected chi connectivity index (χ0v) is 14.0. The van der Waals surface area contributed by atoms with Crippen LogP contribution in [0.15, 0.2) is 24.3 Å². The minimum atomic E-state index is -0.457. The highest BCUT2D eigenvalue weighted by Crippen LogP contribution is 2.23. The lowest BCUT2D eigenvalue weighted by atomic mass is 9.99. The molecule has 2 saturated heterocycles. The molecule has 132 valence electrons. The summed E-state index contributed by atoms with van der Waals surface area (Å²) in [5.41, 5.74) is 0.705. The molecule has 2 heterocycles. The first kappa shape index (κ1) is 17.3. The van der Waals surface area contributed by atoms with E-state index in [1.54, 1.807) is 6.07 Å². The molecule has 2 N–H and O–H groups in total. The number of morpholine rings is 1. The van der Waals surface area contributed by atoms with Crippen molar-refractivity contribution in [3.8, 4) is 0 Å². The molecule has 0 aliphatic carbocycles. The Labute approximate surface area is 142 Å². The maximum atomic E-state index is 13.7. The molecule has 1 amide bonds. The third kappa shape index (κ3) is 4.53. The van der Waals surface area contributed by atoms with Crippen molar-refractivity contribution >= 4 is 5.91 Å². The van der Waals surface area contributed by atoms with Gasteiger partial charge >= 0.3 is 0 Å². The van der Waals surface area contributed by atoms with Crippen LogP contribution in [0.3, 0.4) is 0 Å². The van der Waals surface area contributed by atoms with Gasteiger partial charge in [-0.05, 0) is 49.5 Å². The molecule has 0 saturated carbocycles. The quantitative estimate of drug-likeness (QED) is 0.852. The van der Waals surface area contributed by atoms with Gasteiger partial charge in [0, 0.05) is 19.6 Å². The van der Waals surface area contributed by atoms with Gasteiger partial charge in [0.2, 0.25) is 5.91 Å². The predicted octanol–water partition coefficient (Wildman–Crippen LogP) is 1.31. The first-order chi connectivity index (χ1) is 11.7. The largest absolute Gasteiger partial charge is 0.379 e. The molecule has 0 spiro atoms. The maximum absolute atomic E-state index is 13.7. The minimum absolute atomic E-state index is 0.0481. The van der Waals surface area contributed by atoms with Crippen molar-refractivity contribution in [2.24, 2.45) is 5.92 Å². The maximum Gasteiger partial charge on any atom is 0.241 e. The second-order valence-electron chi connectivity index (χ2n) is 6.56. The Kier molecular flexibility index (Phi) is 6.18. The fourth-order valence-corrected chi connectivity index (χ4v) is 3.48. The molecule has 2 aliphatic rings. The molecule has 24 heavy (non-hydrogen) atoms. The third-order valence-electron chi connectivity index (χ3n) is 4.79. The Balaban J connectivity index is 1.69. The molecule has 0 aromatic heterocycles. The number of rotatable bonds is 5. The smallest absolute Gasteiger partial charge is 0.241 e. The number of carbonyl (C=O) groups excluding carboxylic acids is 1. The van der Waals surface area contributed by atoms with Gasteiger partial charge in [-0.1, -0.05) is 12.1 Å². The summed E-state index contributed by atoms with van der Waals surface area (Å²) in [6.07, 6.45) is 2.28. The van der Waals surface area contributed by atoms with E-state index in [0.29, 0.717) is 44.3 Å². The summed E-state index contributed by atoms with van der Waals surface area (Å²) in [6.45, 7) is 5.24. The molecular weight excluding hydrogens is 309 g/mol. The van der Waals surface area contributed by atoms with Gasteiger partial charge in [-0.25, -0.2) is 4.39 Å². The van der Waals surface area contributed by atoms with Crippen LogP contribution in [-0.4, -0.2) is 56.7 Å². The van der Waals surface area contributed by atoms with Crippen molar-refractivity contribution in [1.82, 2.24) is 15.5 Å². The van der Waals surface area contributed by atoms with Gasteiger partial charge in [0.1, 0.15) is 11.9 Å². The first-order valence-corrected chi connectivity index (χ1v) is 8.80. The van der Waals surface area contributed by atoms with Gasteiger partial charge in [-0.3, -0.25) is 9.69 Å². The summed E-state index contributed by atoms with van der Waals surface area (Å²) >= 11 is 0. The van der Waals surface area contributed by atoms with Crippen molar-refractivity contribution in [3.63, 3.8) is 0 Å². The number of nitrogens with zero attached hydrogens (tertiary/aromatic N) is 1. The summed E-state index contributed by atoms with van der Waals surface area (Å²) in [6, 6.07) is 5.90. The van der Waals surface area contributed by atoms with Crippen molar-refractivity contribution < 1.29 is 13.9 Å². The highest BCUT2D eigenvalue weighted by atomic mass is 19.1. The molecule has 3 rings (SSSR count). The summed E-state index contributed by atoms with van der Waals surface area (Å²) in [7, 11) is 0. The molecule has 2 atom stereocenters. The van der Waals surface area contributed by atoms with Crippen LogP contribution in [0.25, 0.3) is 0 Å². The van der Waals surface area contributed by atoms with Gasteiger partial charge in [0.05, 0.1) is 13.2 Å². The SMILES string of the molecule is O=C(NCC1CCCNC1)C(c1cccc(F)c1)N1CCOCC1. The van der Waals surface area contributed by atoms with Crippen molar-refractivity contribution in [1.29, 1.82) is 0 Å². The molecule has 2 unspecified atom stereocenters. The summed E-state index contributed by atoms with van der Waals surface area (Å²) in [4.78, 5) is 14.9. The Morgan fingerprint density at radius 2 is 2.25 bits per heavy atom. The van der Waals surface area contributed by atoms with Gasteiger partial charge in [-0.2, -0.15) is 0 Å². The molecule has 2 fully saturated rings. The van der Waals surface area contributed by atoms with Crippen LogP contribution in [0.4, 0.5) is 4.39 Å². The molecule has 6 heteroatoms. The van der Waals surface area contributed by atoms with Crippen LogP contribution in [0.1, 0.15) is 24.4 Å². The fraction of sp³-hybridized carbons (Fsp3) is 0.611. The Morgan fingerprint density at radius 3 is 2.96 bits per heavy atom. The number of nitrogens with one attached hydrogen (secondary N) is 2. The average molecular weight is 335 g/mol. The van der Waals surface area contributed by atoms with Crippen LogP contribution < -0.4 is 10.6 Å². The molecule has 5 nitrogen and oxygen atoms in total. The monoisotopic (exact) mass is 335 g/mol. The molecule has 0 radical (unpaired) electrons. The average Bonchev–Trinajstić information content (AvgIpc) is 2.62. The van der Waals surface area contributed by atoms with E-state index in [1.807, 2.05) is 6.07 Å². The van der Waals surface area contributed by atoms with E-state index in [4.69, 9.17) is 4.74 Å². The van der Waals surface area contributed by atoms with Crippen LogP contribution in [0.5, 0.6) is 0 Å². The van der Waals surface area contributed by atoms with Crippen LogP contribution in [-0.2, 0) is 9.53 Å². The van der Waals surface area contributed by atoms with E-state index >= 15 is 0 Å². The number of carbonyl (C=O) groups is 1. The van der Waals surface area contributed by atoms with Crippen molar-refractivity contribution in [2.75, 3.05) is 45.9 Å². The molecule has 1 aromatic rings. The Hall–Kier alpha value is -1.50. The number of piperidine rings is 1. The topological polar surface area (TPSA) is 53.6 Å². The van der Waals surface area contributed by atoms with E-state index in [9.17, 15) is 9.18 Å². The highest BCUT2D eigenvalue weighted by molar-refractivity contribution is 5.83. The summed E-state index contributed by atoms with van der Waals surface area (Å²) in [5, 5.41) is 6.45. The number of hydrogen-bond donors (Lipinski definition) is 2. The van der Waals surface area contributed by atoms with Crippen LogP contribution in [0.2, 0.25) is 0 Å². The lowest BCUT2D eigenvalue weighted by Crippen LogP contribution is -2.47. The number of amides is 1. The third-order valence-corrected chi connectivity index (χ3v) is 4.79. The van der Waals surface area contributed by atoms with E-state index < -0.39 is 6.04 Å². The predicted molar refractivity (Wildman–Crippen MR) is 90.1 cm³/mol. The lowest BCUT2D eigenvalue weighted by molar-refractivity contribution is -0.128. The van der Waals surface area contributed by atoms with E-state index in [-0.39, 0.29) is 11.7 Å². The van der Waals surface area contributed by atoms with Gasteiger partial charge in [0.15, 0.2) is 0 Å². The standard InChI is InChI=1S/C18H26FN3O2/c19-16-5-1-4-15(11-16)17(22-7-9-24-10-8-22)18(23)21-13-14-3-2-6-20-12-14/h1,4-5,11,14,17,20H,2-3,6-10,12-13H2,(H,21,23). The minimum Gasteiger partial charge on any atom is -0.379 e. The number of hydrogen-bond acceptors (Lipinski definition) is 4. The van der Waals surface area contributed by atoms with E-state index in [2.05, 4.69) is 15.5 Å². The van der Waals surface area contributed by atoms with E-state index in [0.717, 1.165) is 25.9 Å². The Bertz CT molecular complexity index is 543. The second kappa shape index (κ2) is 8.55. The van der Waals surface area contributed by atoms with Crippen molar-refractivity contribution in [2.45, 2.75) is 18.9 Å². The number of ether oxygens (including phenoxy) is 1. The molecular formula is C18H26FN3O2. The van der Waals surface area contributed by atoms with Gasteiger partial charge < -0.3 is 15.4 Å². The van der Waals surface area contributed by atoms with Crippen molar-refractivity contribution in [3.05, 3.63) is 35.6 Å².